The van der Waals surface area contributed by atoms with Crippen molar-refractivity contribution in [1.82, 2.24) is 9.97 Å². The van der Waals surface area contributed by atoms with Crippen molar-refractivity contribution in [2.24, 2.45) is 0 Å². The van der Waals surface area contributed by atoms with E-state index in [9.17, 15) is 13.6 Å². The zero-order valence-electron chi connectivity index (χ0n) is 8.95. The standard InChI is InChI=1S/C12H8F2N2O/c1-7-5-16-11(6-15-7)12(17)9-4-8(13)2-3-10(9)14/h2-6H,1H3. The second-order valence-electron chi connectivity index (χ2n) is 3.50. The highest BCUT2D eigenvalue weighted by Gasteiger charge is 2.16. The van der Waals surface area contributed by atoms with Crippen LogP contribution >= 0.6 is 0 Å². The maximum absolute atomic E-state index is 13.3. The minimum absolute atomic E-state index is 0.0138. The summed E-state index contributed by atoms with van der Waals surface area (Å²) >= 11 is 0. The van der Waals surface area contributed by atoms with E-state index in [1.54, 1.807) is 6.92 Å². The summed E-state index contributed by atoms with van der Waals surface area (Å²) in [5.74, 6) is -2.14. The Morgan fingerprint density at radius 1 is 1.18 bits per heavy atom. The second-order valence-corrected chi connectivity index (χ2v) is 3.50. The van der Waals surface area contributed by atoms with E-state index in [-0.39, 0.29) is 11.3 Å². The van der Waals surface area contributed by atoms with Crippen LogP contribution in [-0.2, 0) is 0 Å². The van der Waals surface area contributed by atoms with Crippen LogP contribution in [0.15, 0.2) is 30.6 Å². The van der Waals surface area contributed by atoms with Crippen LogP contribution in [0.2, 0.25) is 0 Å². The molecule has 0 aliphatic heterocycles. The van der Waals surface area contributed by atoms with Crippen LogP contribution in [0.5, 0.6) is 0 Å². The molecule has 86 valence electrons. The number of ketones is 1. The van der Waals surface area contributed by atoms with Gasteiger partial charge in [0, 0.05) is 6.20 Å². The van der Waals surface area contributed by atoms with E-state index in [1.807, 2.05) is 0 Å². The van der Waals surface area contributed by atoms with Gasteiger partial charge in [0.1, 0.15) is 17.3 Å². The van der Waals surface area contributed by atoms with Gasteiger partial charge >= 0.3 is 0 Å². The minimum Gasteiger partial charge on any atom is -0.287 e. The Morgan fingerprint density at radius 3 is 2.59 bits per heavy atom. The first-order valence-corrected chi connectivity index (χ1v) is 4.86. The molecule has 0 unspecified atom stereocenters. The largest absolute Gasteiger partial charge is 0.287 e. The Hall–Kier alpha value is -2.17. The zero-order valence-corrected chi connectivity index (χ0v) is 8.95. The molecule has 17 heavy (non-hydrogen) atoms. The summed E-state index contributed by atoms with van der Waals surface area (Å²) in [4.78, 5) is 19.5. The van der Waals surface area contributed by atoms with Gasteiger partial charge in [-0.3, -0.25) is 9.78 Å². The molecule has 3 nitrogen and oxygen atoms in total. The van der Waals surface area contributed by atoms with Gasteiger partial charge in [-0.2, -0.15) is 0 Å². The molecular weight excluding hydrogens is 226 g/mol. The summed E-state index contributed by atoms with van der Waals surface area (Å²) in [5.41, 5.74) is 0.282. The van der Waals surface area contributed by atoms with Crippen molar-refractivity contribution in [3.63, 3.8) is 0 Å². The maximum Gasteiger partial charge on any atom is 0.215 e. The number of carbonyl (C=O) groups is 1. The quantitative estimate of drug-likeness (QED) is 0.749. The van der Waals surface area contributed by atoms with Crippen molar-refractivity contribution in [3.05, 3.63) is 59.2 Å². The molecule has 0 saturated heterocycles. The van der Waals surface area contributed by atoms with Crippen LogP contribution in [0.25, 0.3) is 0 Å². The molecule has 0 radical (unpaired) electrons. The molecule has 0 spiro atoms. The van der Waals surface area contributed by atoms with Gasteiger partial charge in [0.25, 0.3) is 0 Å². The highest BCUT2D eigenvalue weighted by atomic mass is 19.1. The number of carbonyl (C=O) groups excluding carboxylic acids is 1. The monoisotopic (exact) mass is 234 g/mol. The first-order valence-electron chi connectivity index (χ1n) is 4.86. The Kier molecular flexibility index (Phi) is 2.91. The molecule has 0 fully saturated rings. The third-order valence-corrected chi connectivity index (χ3v) is 2.19. The van der Waals surface area contributed by atoms with Gasteiger partial charge in [-0.25, -0.2) is 13.8 Å². The first kappa shape index (κ1) is 11.3. The lowest BCUT2D eigenvalue weighted by atomic mass is 10.1. The van der Waals surface area contributed by atoms with E-state index in [4.69, 9.17) is 0 Å². The molecule has 0 aliphatic carbocycles. The maximum atomic E-state index is 13.3. The molecule has 2 aromatic rings. The summed E-state index contributed by atoms with van der Waals surface area (Å²) in [6.45, 7) is 1.71. The Balaban J connectivity index is 2.43. The molecule has 0 aliphatic rings. The lowest BCUT2D eigenvalue weighted by Gasteiger charge is -2.02. The molecule has 5 heteroatoms. The summed E-state index contributed by atoms with van der Waals surface area (Å²) in [7, 11) is 0. The number of aryl methyl sites for hydroxylation is 1. The molecule has 0 amide bonds. The third kappa shape index (κ3) is 2.33. The highest BCUT2D eigenvalue weighted by Crippen LogP contribution is 2.13. The molecule has 1 heterocycles. The van der Waals surface area contributed by atoms with Crippen LogP contribution in [0.3, 0.4) is 0 Å². The van der Waals surface area contributed by atoms with Gasteiger partial charge in [0.2, 0.25) is 5.78 Å². The lowest BCUT2D eigenvalue weighted by molar-refractivity contribution is 0.102. The number of aromatic nitrogens is 2. The summed E-state index contributed by atoms with van der Waals surface area (Å²) in [6, 6.07) is 2.70. The van der Waals surface area contributed by atoms with Gasteiger partial charge in [0.05, 0.1) is 17.5 Å². The van der Waals surface area contributed by atoms with Gasteiger partial charge in [-0.15, -0.1) is 0 Å². The number of hydrogen-bond acceptors (Lipinski definition) is 3. The number of benzene rings is 1. The molecular formula is C12H8F2N2O. The van der Waals surface area contributed by atoms with Crippen molar-refractivity contribution >= 4 is 5.78 Å². The van der Waals surface area contributed by atoms with E-state index in [0.717, 1.165) is 18.2 Å². The van der Waals surface area contributed by atoms with Gasteiger partial charge in [0.15, 0.2) is 0 Å². The molecule has 0 N–H and O–H groups in total. The smallest absolute Gasteiger partial charge is 0.215 e. The Morgan fingerprint density at radius 2 is 1.94 bits per heavy atom. The SMILES string of the molecule is Cc1cnc(C(=O)c2cc(F)ccc2F)cn1. The van der Waals surface area contributed by atoms with Crippen LogP contribution in [-0.4, -0.2) is 15.8 Å². The molecule has 2 rings (SSSR count). The van der Waals surface area contributed by atoms with E-state index < -0.39 is 17.4 Å². The van der Waals surface area contributed by atoms with Crippen LogP contribution in [0.4, 0.5) is 8.78 Å². The lowest BCUT2D eigenvalue weighted by Crippen LogP contribution is -2.07. The van der Waals surface area contributed by atoms with E-state index in [1.165, 1.54) is 12.4 Å². The van der Waals surface area contributed by atoms with Crippen LogP contribution in [0, 0.1) is 18.6 Å². The van der Waals surface area contributed by atoms with Crippen molar-refractivity contribution < 1.29 is 13.6 Å². The van der Waals surface area contributed by atoms with Crippen molar-refractivity contribution in [3.8, 4) is 0 Å². The third-order valence-electron chi connectivity index (χ3n) is 2.19. The van der Waals surface area contributed by atoms with Gasteiger partial charge < -0.3 is 0 Å². The van der Waals surface area contributed by atoms with Crippen molar-refractivity contribution in [2.75, 3.05) is 0 Å². The van der Waals surface area contributed by atoms with Crippen molar-refractivity contribution in [1.29, 1.82) is 0 Å². The molecule has 1 aromatic carbocycles. The number of halogens is 2. The number of hydrogen-bond donors (Lipinski definition) is 0. The highest BCUT2D eigenvalue weighted by molar-refractivity contribution is 6.07. The number of nitrogens with zero attached hydrogens (tertiary/aromatic N) is 2. The minimum atomic E-state index is -0.779. The van der Waals surface area contributed by atoms with E-state index in [0.29, 0.717) is 5.69 Å². The fraction of sp³-hybridized carbons (Fsp3) is 0.0833. The fourth-order valence-corrected chi connectivity index (χ4v) is 1.32. The molecule has 0 bridgehead atoms. The molecule has 0 atom stereocenters. The fourth-order valence-electron chi connectivity index (χ4n) is 1.32. The van der Waals surface area contributed by atoms with Gasteiger partial charge in [-0.05, 0) is 25.1 Å². The summed E-state index contributed by atoms with van der Waals surface area (Å²) in [5, 5.41) is 0. The van der Waals surface area contributed by atoms with Gasteiger partial charge in [-0.1, -0.05) is 0 Å². The van der Waals surface area contributed by atoms with Crippen LogP contribution in [0.1, 0.15) is 21.7 Å². The predicted molar refractivity (Wildman–Crippen MR) is 56.6 cm³/mol. The van der Waals surface area contributed by atoms with Crippen LogP contribution < -0.4 is 0 Å². The first-order chi connectivity index (χ1) is 8.08. The summed E-state index contributed by atoms with van der Waals surface area (Å²) in [6.07, 6.45) is 2.63. The second kappa shape index (κ2) is 4.37. The molecule has 1 aromatic heterocycles. The van der Waals surface area contributed by atoms with E-state index in [2.05, 4.69) is 9.97 Å². The predicted octanol–water partition coefficient (Wildman–Crippen LogP) is 2.29. The average Bonchev–Trinajstić information content (AvgIpc) is 2.32. The number of rotatable bonds is 2. The normalized spacial score (nSPS) is 10.3. The van der Waals surface area contributed by atoms with E-state index >= 15 is 0 Å². The molecule has 0 saturated carbocycles. The Labute approximate surface area is 96.2 Å². The Bertz CT molecular complexity index is 567. The van der Waals surface area contributed by atoms with Crippen molar-refractivity contribution in [2.45, 2.75) is 6.92 Å². The topological polar surface area (TPSA) is 42.9 Å². The summed E-state index contributed by atoms with van der Waals surface area (Å²) < 4.78 is 26.3. The average molecular weight is 234 g/mol. The zero-order chi connectivity index (χ0) is 12.4.